The first-order valence-electron chi connectivity index (χ1n) is 19.5. The number of aromatic nitrogens is 5. The van der Waals surface area contributed by atoms with Gasteiger partial charge in [-0.2, -0.15) is 0 Å². The molecule has 0 atom stereocenters. The Labute approximate surface area is 342 Å². The largest absolute Gasteiger partial charge is 0.435 e. The normalized spacial score (nSPS) is 11.7. The Morgan fingerprint density at radius 3 is 1.90 bits per heavy atom. The third kappa shape index (κ3) is 5.55. The smallest absolute Gasteiger partial charge is 0.227 e. The number of benzene rings is 8. The second-order valence-electron chi connectivity index (χ2n) is 14.6. The number of thiophene rings is 1. The molecular formula is C52H31N5OS. The number of rotatable bonds is 6. The molecule has 0 saturated heterocycles. The molecule has 4 heterocycles. The molecule has 12 aromatic rings. The van der Waals surface area contributed by atoms with Gasteiger partial charge in [0, 0.05) is 53.3 Å². The van der Waals surface area contributed by atoms with Crippen LogP contribution in [0.2, 0.25) is 0 Å². The van der Waals surface area contributed by atoms with E-state index < -0.39 is 0 Å². The van der Waals surface area contributed by atoms with E-state index in [4.69, 9.17) is 24.4 Å². The van der Waals surface area contributed by atoms with E-state index >= 15 is 0 Å². The van der Waals surface area contributed by atoms with Gasteiger partial charge in [0.05, 0.1) is 16.6 Å². The van der Waals surface area contributed by atoms with Gasteiger partial charge in [-0.15, -0.1) is 11.3 Å². The van der Waals surface area contributed by atoms with Crippen molar-refractivity contribution in [1.82, 2.24) is 24.5 Å². The molecule has 0 unspecified atom stereocenters. The minimum atomic E-state index is 0.509. The zero-order valence-electron chi connectivity index (χ0n) is 31.5. The Bertz CT molecular complexity index is 3570. The minimum Gasteiger partial charge on any atom is -0.435 e. The SMILES string of the molecule is c1ccc(-c2nc3cccc(-c4nc(-c5cccc(-c6cccc7c6sc6ccccc67)c5)nc(-c5ccc6c(c5)c5ccccc5n6-c5ccccc5)n4)c3o2)cc1. The maximum absolute atomic E-state index is 6.51. The van der Waals surface area contributed by atoms with Crippen LogP contribution in [0, 0.1) is 0 Å². The van der Waals surface area contributed by atoms with Crippen molar-refractivity contribution in [2.75, 3.05) is 0 Å². The zero-order chi connectivity index (χ0) is 38.9. The molecule has 276 valence electrons. The summed E-state index contributed by atoms with van der Waals surface area (Å²) in [6, 6.07) is 65.2. The van der Waals surface area contributed by atoms with E-state index in [-0.39, 0.29) is 0 Å². The zero-order valence-corrected chi connectivity index (χ0v) is 32.3. The molecule has 0 amide bonds. The third-order valence-electron chi connectivity index (χ3n) is 11.1. The number of oxazole rings is 1. The number of hydrogen-bond acceptors (Lipinski definition) is 6. The summed E-state index contributed by atoms with van der Waals surface area (Å²) in [5.74, 6) is 2.20. The molecule has 7 heteroatoms. The molecule has 8 aromatic carbocycles. The topological polar surface area (TPSA) is 69.6 Å². The van der Waals surface area contributed by atoms with E-state index in [1.807, 2.05) is 65.9 Å². The Balaban J connectivity index is 1.06. The summed E-state index contributed by atoms with van der Waals surface area (Å²) in [6.45, 7) is 0. The van der Waals surface area contributed by atoms with Gasteiger partial charge in [-0.3, -0.25) is 0 Å². The van der Waals surface area contributed by atoms with Gasteiger partial charge in [-0.25, -0.2) is 19.9 Å². The summed E-state index contributed by atoms with van der Waals surface area (Å²) in [5, 5.41) is 4.81. The van der Waals surface area contributed by atoms with E-state index in [9.17, 15) is 0 Å². The molecule has 0 bridgehead atoms. The standard InChI is InChI=1S/C52H31N5OS/c1-3-14-32(15-4-1)52-53-43-25-13-24-41(47(43)58-52)51-55-49(34-17-11-16-33(30-34)37-22-12-23-40-39-21-8-10-27-46(39)59-48(37)40)54-50(56-51)35-28-29-45-42(31-35)38-20-7-9-26-44(38)57(45)36-18-5-2-6-19-36/h1-31H. The summed E-state index contributed by atoms with van der Waals surface area (Å²) in [6.07, 6.45) is 0. The summed E-state index contributed by atoms with van der Waals surface area (Å²) >= 11 is 1.83. The van der Waals surface area contributed by atoms with Crippen molar-refractivity contribution >= 4 is 64.4 Å². The molecule has 0 aliphatic rings. The van der Waals surface area contributed by atoms with Gasteiger partial charge in [0.1, 0.15) is 5.52 Å². The lowest BCUT2D eigenvalue weighted by atomic mass is 10.0. The first-order valence-corrected chi connectivity index (χ1v) is 20.4. The first kappa shape index (κ1) is 33.4. The van der Waals surface area contributed by atoms with Crippen molar-refractivity contribution in [1.29, 1.82) is 0 Å². The molecule has 4 aromatic heterocycles. The lowest BCUT2D eigenvalue weighted by molar-refractivity contribution is 0.620. The predicted molar refractivity (Wildman–Crippen MR) is 242 cm³/mol. The fourth-order valence-corrected chi connectivity index (χ4v) is 9.59. The van der Waals surface area contributed by atoms with E-state index in [1.54, 1.807) is 0 Å². The Morgan fingerprint density at radius 2 is 1.03 bits per heavy atom. The van der Waals surface area contributed by atoms with Gasteiger partial charge in [0.25, 0.3) is 0 Å². The summed E-state index contributed by atoms with van der Waals surface area (Å²) in [7, 11) is 0. The van der Waals surface area contributed by atoms with Crippen LogP contribution in [0.5, 0.6) is 0 Å². The highest BCUT2D eigenvalue weighted by Crippen LogP contribution is 2.41. The molecule has 0 saturated carbocycles. The van der Waals surface area contributed by atoms with Crippen LogP contribution in [0.4, 0.5) is 0 Å². The summed E-state index contributed by atoms with van der Waals surface area (Å²) in [4.78, 5) is 20.5. The summed E-state index contributed by atoms with van der Waals surface area (Å²) in [5.41, 5.74) is 10.4. The van der Waals surface area contributed by atoms with E-state index in [1.165, 1.54) is 25.7 Å². The first-order chi connectivity index (χ1) is 29.2. The molecule has 0 aliphatic carbocycles. The minimum absolute atomic E-state index is 0.509. The molecule has 59 heavy (non-hydrogen) atoms. The lowest BCUT2D eigenvalue weighted by Gasteiger charge is -2.11. The second kappa shape index (κ2) is 13.4. The summed E-state index contributed by atoms with van der Waals surface area (Å²) < 4.78 is 11.4. The third-order valence-corrected chi connectivity index (χ3v) is 12.3. The molecule has 12 rings (SSSR count). The highest BCUT2D eigenvalue weighted by molar-refractivity contribution is 7.26. The number of nitrogens with zero attached hydrogens (tertiary/aromatic N) is 5. The maximum Gasteiger partial charge on any atom is 0.227 e. The van der Waals surface area contributed by atoms with E-state index in [2.05, 4.69) is 138 Å². The number of fused-ring (bicyclic) bond motifs is 7. The molecule has 6 nitrogen and oxygen atoms in total. The monoisotopic (exact) mass is 773 g/mol. The van der Waals surface area contributed by atoms with Crippen LogP contribution in [-0.4, -0.2) is 24.5 Å². The Morgan fingerprint density at radius 1 is 0.407 bits per heavy atom. The van der Waals surface area contributed by atoms with Crippen LogP contribution >= 0.6 is 11.3 Å². The van der Waals surface area contributed by atoms with Crippen LogP contribution in [0.1, 0.15) is 0 Å². The Hall–Kier alpha value is -7.74. The van der Waals surface area contributed by atoms with Gasteiger partial charge in [0.2, 0.25) is 5.89 Å². The molecule has 0 spiro atoms. The highest BCUT2D eigenvalue weighted by Gasteiger charge is 2.20. The fourth-order valence-electron chi connectivity index (χ4n) is 8.35. The van der Waals surface area contributed by atoms with Crippen molar-refractivity contribution < 1.29 is 4.42 Å². The van der Waals surface area contributed by atoms with Crippen LogP contribution < -0.4 is 0 Å². The van der Waals surface area contributed by atoms with Gasteiger partial charge in [0.15, 0.2) is 23.1 Å². The quantitative estimate of drug-likeness (QED) is 0.168. The van der Waals surface area contributed by atoms with Crippen molar-refractivity contribution in [2.24, 2.45) is 0 Å². The van der Waals surface area contributed by atoms with Crippen LogP contribution in [0.25, 0.3) is 116 Å². The molecular weight excluding hydrogens is 743 g/mol. The van der Waals surface area contributed by atoms with Crippen LogP contribution in [0.15, 0.2) is 192 Å². The van der Waals surface area contributed by atoms with Crippen LogP contribution in [0.3, 0.4) is 0 Å². The van der Waals surface area contributed by atoms with Gasteiger partial charge >= 0.3 is 0 Å². The van der Waals surface area contributed by atoms with Gasteiger partial charge in [-0.1, -0.05) is 115 Å². The fraction of sp³-hybridized carbons (Fsp3) is 0. The van der Waals surface area contributed by atoms with E-state index in [0.29, 0.717) is 28.9 Å². The van der Waals surface area contributed by atoms with Crippen molar-refractivity contribution in [3.05, 3.63) is 188 Å². The molecule has 0 fully saturated rings. The van der Waals surface area contributed by atoms with E-state index in [0.717, 1.165) is 60.8 Å². The van der Waals surface area contributed by atoms with Crippen molar-refractivity contribution in [2.45, 2.75) is 0 Å². The average Bonchev–Trinajstić information content (AvgIpc) is 4.02. The number of hydrogen-bond donors (Lipinski definition) is 0. The maximum atomic E-state index is 6.51. The predicted octanol–water partition coefficient (Wildman–Crippen LogP) is 13.8. The average molecular weight is 774 g/mol. The van der Waals surface area contributed by atoms with Gasteiger partial charge < -0.3 is 8.98 Å². The molecule has 0 radical (unpaired) electrons. The van der Waals surface area contributed by atoms with Crippen LogP contribution in [-0.2, 0) is 0 Å². The van der Waals surface area contributed by atoms with Crippen molar-refractivity contribution in [3.63, 3.8) is 0 Å². The van der Waals surface area contributed by atoms with Crippen molar-refractivity contribution in [3.8, 4) is 62.4 Å². The number of para-hydroxylation sites is 3. The lowest BCUT2D eigenvalue weighted by Crippen LogP contribution is -2.00. The van der Waals surface area contributed by atoms with Gasteiger partial charge in [-0.05, 0) is 83.9 Å². The Kier molecular flexibility index (Phi) is 7.61. The second-order valence-corrected chi connectivity index (χ2v) is 15.7. The molecule has 0 N–H and O–H groups in total. The molecule has 0 aliphatic heterocycles. The highest BCUT2D eigenvalue weighted by atomic mass is 32.1.